The summed E-state index contributed by atoms with van der Waals surface area (Å²) < 4.78 is 11.8. The number of hydrogen-bond donors (Lipinski definition) is 1. The van der Waals surface area contributed by atoms with E-state index in [0.29, 0.717) is 18.9 Å². The number of carboxylic acids is 1. The largest absolute Gasteiger partial charge is 0.493 e. The first-order valence-corrected chi connectivity index (χ1v) is 10.4. The minimum absolute atomic E-state index is 0.0875. The van der Waals surface area contributed by atoms with E-state index in [2.05, 4.69) is 18.0 Å². The van der Waals surface area contributed by atoms with Gasteiger partial charge in [-0.05, 0) is 68.0 Å². The lowest BCUT2D eigenvalue weighted by molar-refractivity contribution is -0.141. The zero-order valence-electron chi connectivity index (χ0n) is 17.6. The maximum Gasteiger partial charge on any atom is 0.306 e. The zero-order valence-corrected chi connectivity index (χ0v) is 17.6. The minimum atomic E-state index is -0.735. The zero-order chi connectivity index (χ0) is 21.3. The highest BCUT2D eigenvalue weighted by molar-refractivity contribution is 5.71. The number of ether oxygens (including phenoxy) is 1. The Morgan fingerprint density at radius 2 is 2.00 bits per heavy atom. The van der Waals surface area contributed by atoms with Crippen LogP contribution in [0.3, 0.4) is 0 Å². The Hall–Kier alpha value is -3.08. The normalized spacial score (nSPS) is 16.3. The molecule has 0 spiro atoms. The summed E-state index contributed by atoms with van der Waals surface area (Å²) >= 11 is 0. The van der Waals surface area contributed by atoms with E-state index in [9.17, 15) is 9.90 Å². The molecular weight excluding hydrogens is 378 g/mol. The predicted octanol–water partition coefficient (Wildman–Crippen LogP) is 5.33. The Labute approximate surface area is 176 Å². The number of fused-ring (bicyclic) bond motifs is 1. The molecule has 0 aliphatic heterocycles. The summed E-state index contributed by atoms with van der Waals surface area (Å²) in [6, 6.07) is 14.2. The summed E-state index contributed by atoms with van der Waals surface area (Å²) in [5.41, 5.74) is 5.42. The smallest absolute Gasteiger partial charge is 0.306 e. The minimum Gasteiger partial charge on any atom is -0.493 e. The fourth-order valence-corrected chi connectivity index (χ4v) is 4.15. The van der Waals surface area contributed by atoms with Crippen molar-refractivity contribution < 1.29 is 19.1 Å². The number of hydrogen-bond acceptors (Lipinski definition) is 4. The number of oxazole rings is 1. The summed E-state index contributed by atoms with van der Waals surface area (Å²) in [4.78, 5) is 16.0. The molecule has 0 saturated heterocycles. The summed E-state index contributed by atoms with van der Waals surface area (Å²) in [5.74, 6) is 1.26. The lowest BCUT2D eigenvalue weighted by Crippen LogP contribution is -2.17. The van der Waals surface area contributed by atoms with E-state index in [1.54, 1.807) is 6.92 Å². The molecule has 0 radical (unpaired) electrons. The Balaban J connectivity index is 1.38. The molecule has 2 aromatic carbocycles. The van der Waals surface area contributed by atoms with Crippen molar-refractivity contribution >= 4 is 5.97 Å². The van der Waals surface area contributed by atoms with Crippen LogP contribution in [0.2, 0.25) is 0 Å². The highest BCUT2D eigenvalue weighted by atomic mass is 16.5. The lowest BCUT2D eigenvalue weighted by Gasteiger charge is -2.16. The fourth-order valence-electron chi connectivity index (χ4n) is 4.15. The predicted molar refractivity (Wildman–Crippen MR) is 115 cm³/mol. The molecule has 1 aliphatic carbocycles. The first kappa shape index (κ1) is 20.2. The number of benzene rings is 2. The molecule has 1 heterocycles. The highest BCUT2D eigenvalue weighted by Gasteiger charge is 2.31. The molecule has 1 aromatic heterocycles. The molecule has 0 fully saturated rings. The number of aryl methyl sites for hydroxylation is 3. The van der Waals surface area contributed by atoms with Crippen LogP contribution in [-0.2, 0) is 17.6 Å². The average molecular weight is 405 g/mol. The van der Waals surface area contributed by atoms with E-state index in [-0.39, 0.29) is 11.8 Å². The number of aliphatic carboxylic acids is 1. The number of carboxylic acid groups (broad SMARTS) is 1. The molecule has 3 aromatic rings. The molecule has 5 heteroatoms. The van der Waals surface area contributed by atoms with Gasteiger partial charge in [-0.15, -0.1) is 0 Å². The van der Waals surface area contributed by atoms with Gasteiger partial charge in [-0.25, -0.2) is 4.98 Å². The van der Waals surface area contributed by atoms with Crippen LogP contribution in [-0.4, -0.2) is 22.7 Å². The quantitative estimate of drug-likeness (QED) is 0.575. The van der Waals surface area contributed by atoms with Gasteiger partial charge in [0, 0.05) is 12.0 Å². The third-order valence-corrected chi connectivity index (χ3v) is 6.03. The first-order valence-electron chi connectivity index (χ1n) is 10.4. The van der Waals surface area contributed by atoms with Gasteiger partial charge < -0.3 is 14.3 Å². The molecular formula is C25H27NO4. The van der Waals surface area contributed by atoms with Gasteiger partial charge in [-0.1, -0.05) is 30.7 Å². The molecule has 156 valence electrons. The first-order chi connectivity index (χ1) is 14.4. The van der Waals surface area contributed by atoms with E-state index < -0.39 is 5.97 Å². The number of nitrogens with zero attached hydrogens (tertiary/aromatic N) is 1. The van der Waals surface area contributed by atoms with Gasteiger partial charge >= 0.3 is 5.97 Å². The van der Waals surface area contributed by atoms with Crippen LogP contribution in [0.1, 0.15) is 47.4 Å². The van der Waals surface area contributed by atoms with Crippen LogP contribution in [0.15, 0.2) is 46.9 Å². The Morgan fingerprint density at radius 1 is 1.23 bits per heavy atom. The average Bonchev–Trinajstić information content (AvgIpc) is 3.31. The van der Waals surface area contributed by atoms with E-state index in [1.165, 1.54) is 11.1 Å². The SMILES string of the molecule is Cc1ccc(-c2nc(CCOc3ccc4c(c3)CCC4C(C)C(=O)O)c(C)o2)cc1. The van der Waals surface area contributed by atoms with Gasteiger partial charge in [-0.3, -0.25) is 4.79 Å². The van der Waals surface area contributed by atoms with Crippen LogP contribution >= 0.6 is 0 Å². The second-order valence-corrected chi connectivity index (χ2v) is 8.12. The van der Waals surface area contributed by atoms with Crippen LogP contribution in [0.4, 0.5) is 0 Å². The third-order valence-electron chi connectivity index (χ3n) is 6.03. The van der Waals surface area contributed by atoms with Crippen LogP contribution < -0.4 is 4.74 Å². The molecule has 4 rings (SSSR count). The van der Waals surface area contributed by atoms with Crippen molar-refractivity contribution in [3.63, 3.8) is 0 Å². The van der Waals surface area contributed by atoms with Crippen molar-refractivity contribution in [3.05, 3.63) is 70.6 Å². The van der Waals surface area contributed by atoms with Crippen LogP contribution in [0.25, 0.3) is 11.5 Å². The van der Waals surface area contributed by atoms with E-state index in [1.807, 2.05) is 43.3 Å². The monoisotopic (exact) mass is 405 g/mol. The lowest BCUT2D eigenvalue weighted by atomic mass is 9.89. The van der Waals surface area contributed by atoms with Gasteiger partial charge in [0.15, 0.2) is 0 Å². The molecule has 0 amide bonds. The molecule has 5 nitrogen and oxygen atoms in total. The van der Waals surface area contributed by atoms with Crippen molar-refractivity contribution in [2.75, 3.05) is 6.61 Å². The maximum absolute atomic E-state index is 11.3. The molecule has 30 heavy (non-hydrogen) atoms. The third kappa shape index (κ3) is 4.11. The van der Waals surface area contributed by atoms with E-state index in [0.717, 1.165) is 41.2 Å². The van der Waals surface area contributed by atoms with Crippen molar-refractivity contribution in [1.82, 2.24) is 4.98 Å². The van der Waals surface area contributed by atoms with Gasteiger partial charge in [0.25, 0.3) is 0 Å². The molecule has 0 saturated carbocycles. The molecule has 1 aliphatic rings. The van der Waals surface area contributed by atoms with Crippen LogP contribution in [0, 0.1) is 19.8 Å². The summed E-state index contributed by atoms with van der Waals surface area (Å²) in [6.45, 7) is 6.28. The molecule has 2 unspecified atom stereocenters. The highest BCUT2D eigenvalue weighted by Crippen LogP contribution is 2.40. The van der Waals surface area contributed by atoms with Gasteiger partial charge in [0.05, 0.1) is 18.2 Å². The second kappa shape index (κ2) is 8.34. The Bertz CT molecular complexity index is 1050. The molecule has 0 bridgehead atoms. The second-order valence-electron chi connectivity index (χ2n) is 8.12. The topological polar surface area (TPSA) is 72.6 Å². The van der Waals surface area contributed by atoms with Gasteiger partial charge in [0.1, 0.15) is 11.5 Å². The Kier molecular flexibility index (Phi) is 5.62. The fraction of sp³-hybridized carbons (Fsp3) is 0.360. The van der Waals surface area contributed by atoms with Crippen LogP contribution in [0.5, 0.6) is 5.75 Å². The summed E-state index contributed by atoms with van der Waals surface area (Å²) in [7, 11) is 0. The number of aromatic nitrogens is 1. The standard InChI is InChI=1S/C25H27NO4/c1-15-4-6-18(7-5-15)24-26-23(17(3)30-24)12-13-29-20-9-11-22-19(14-20)8-10-21(22)16(2)25(27)28/h4-7,9,11,14,16,21H,8,10,12-13H2,1-3H3,(H,27,28). The van der Waals surface area contributed by atoms with E-state index in [4.69, 9.17) is 9.15 Å². The molecule has 2 atom stereocenters. The van der Waals surface area contributed by atoms with Crippen molar-refractivity contribution in [2.24, 2.45) is 5.92 Å². The summed E-state index contributed by atoms with van der Waals surface area (Å²) in [5, 5.41) is 9.32. The van der Waals surface area contributed by atoms with E-state index >= 15 is 0 Å². The van der Waals surface area contributed by atoms with Gasteiger partial charge in [0.2, 0.25) is 5.89 Å². The number of carbonyl (C=O) groups is 1. The summed E-state index contributed by atoms with van der Waals surface area (Å²) in [6.07, 6.45) is 2.44. The van der Waals surface area contributed by atoms with Gasteiger partial charge in [-0.2, -0.15) is 0 Å². The van der Waals surface area contributed by atoms with Crippen molar-refractivity contribution in [3.8, 4) is 17.2 Å². The maximum atomic E-state index is 11.3. The number of rotatable bonds is 7. The Morgan fingerprint density at radius 3 is 2.73 bits per heavy atom. The van der Waals surface area contributed by atoms with Crippen molar-refractivity contribution in [2.45, 2.75) is 46.0 Å². The van der Waals surface area contributed by atoms with Crippen molar-refractivity contribution in [1.29, 1.82) is 0 Å². The molecule has 1 N–H and O–H groups in total.